The Morgan fingerprint density at radius 3 is 2.54 bits per heavy atom. The third-order valence-corrected chi connectivity index (χ3v) is 3.68. The minimum Gasteiger partial charge on any atom is -0.492 e. The molecule has 140 valence electrons. The number of rotatable bonds is 9. The SMILES string of the molecule is CC(Oc1cccc(F)c1)C(=O)NCc1ccc(OCCN(C)C)cc1. The van der Waals surface area contributed by atoms with E-state index < -0.39 is 11.9 Å². The molecule has 2 aromatic carbocycles. The van der Waals surface area contributed by atoms with Crippen molar-refractivity contribution in [3.8, 4) is 11.5 Å². The average molecular weight is 360 g/mol. The Kier molecular flexibility index (Phi) is 7.41. The summed E-state index contributed by atoms with van der Waals surface area (Å²) in [5.74, 6) is 0.458. The zero-order chi connectivity index (χ0) is 18.9. The van der Waals surface area contributed by atoms with E-state index in [1.807, 2.05) is 38.4 Å². The van der Waals surface area contributed by atoms with E-state index in [0.717, 1.165) is 17.9 Å². The lowest BCUT2D eigenvalue weighted by molar-refractivity contribution is -0.127. The first-order valence-corrected chi connectivity index (χ1v) is 8.50. The Morgan fingerprint density at radius 1 is 1.15 bits per heavy atom. The lowest BCUT2D eigenvalue weighted by Gasteiger charge is -2.15. The quantitative estimate of drug-likeness (QED) is 0.747. The van der Waals surface area contributed by atoms with Crippen molar-refractivity contribution in [1.82, 2.24) is 10.2 Å². The standard InChI is InChI=1S/C20H25FN2O3/c1-15(26-19-6-4-5-17(21)13-19)20(24)22-14-16-7-9-18(10-8-16)25-12-11-23(2)3/h4-10,13,15H,11-12,14H2,1-3H3,(H,22,24). The van der Waals surface area contributed by atoms with Crippen molar-refractivity contribution < 1.29 is 18.7 Å². The van der Waals surface area contributed by atoms with Gasteiger partial charge in [0.25, 0.3) is 5.91 Å². The molecule has 5 nitrogen and oxygen atoms in total. The summed E-state index contributed by atoms with van der Waals surface area (Å²) in [4.78, 5) is 14.2. The zero-order valence-corrected chi connectivity index (χ0v) is 15.4. The van der Waals surface area contributed by atoms with E-state index in [1.54, 1.807) is 13.0 Å². The number of likely N-dealkylation sites (N-methyl/N-ethyl adjacent to an activating group) is 1. The van der Waals surface area contributed by atoms with Crippen molar-refractivity contribution in [3.05, 3.63) is 59.9 Å². The highest BCUT2D eigenvalue weighted by molar-refractivity contribution is 5.80. The molecule has 0 saturated heterocycles. The highest BCUT2D eigenvalue weighted by atomic mass is 19.1. The number of hydrogen-bond acceptors (Lipinski definition) is 4. The maximum absolute atomic E-state index is 13.1. The number of amides is 1. The van der Waals surface area contributed by atoms with Gasteiger partial charge in [-0.3, -0.25) is 4.79 Å². The molecular weight excluding hydrogens is 335 g/mol. The second-order valence-electron chi connectivity index (χ2n) is 6.23. The highest BCUT2D eigenvalue weighted by Gasteiger charge is 2.14. The zero-order valence-electron chi connectivity index (χ0n) is 15.4. The van der Waals surface area contributed by atoms with Crippen LogP contribution in [-0.4, -0.2) is 44.2 Å². The average Bonchev–Trinajstić information content (AvgIpc) is 2.60. The minimum absolute atomic E-state index is 0.263. The van der Waals surface area contributed by atoms with Crippen LogP contribution >= 0.6 is 0 Å². The summed E-state index contributed by atoms with van der Waals surface area (Å²) in [5.41, 5.74) is 0.955. The molecule has 6 heteroatoms. The van der Waals surface area contributed by atoms with E-state index in [2.05, 4.69) is 10.2 Å². The molecule has 0 fully saturated rings. The summed E-state index contributed by atoms with van der Waals surface area (Å²) in [7, 11) is 3.99. The van der Waals surface area contributed by atoms with Crippen molar-refractivity contribution in [2.75, 3.05) is 27.2 Å². The molecule has 26 heavy (non-hydrogen) atoms. The van der Waals surface area contributed by atoms with Gasteiger partial charge in [0, 0.05) is 19.2 Å². The molecule has 0 saturated carbocycles. The topological polar surface area (TPSA) is 50.8 Å². The smallest absolute Gasteiger partial charge is 0.261 e. The van der Waals surface area contributed by atoms with Crippen LogP contribution in [0.5, 0.6) is 11.5 Å². The second kappa shape index (κ2) is 9.77. The molecule has 0 aliphatic heterocycles. The second-order valence-corrected chi connectivity index (χ2v) is 6.23. The Labute approximate surface area is 153 Å². The van der Waals surface area contributed by atoms with E-state index in [-0.39, 0.29) is 5.91 Å². The third-order valence-electron chi connectivity index (χ3n) is 3.68. The van der Waals surface area contributed by atoms with Crippen LogP contribution in [0.2, 0.25) is 0 Å². The van der Waals surface area contributed by atoms with Gasteiger partial charge < -0.3 is 19.7 Å². The maximum atomic E-state index is 13.1. The van der Waals surface area contributed by atoms with Crippen molar-refractivity contribution in [2.24, 2.45) is 0 Å². The summed E-state index contributed by atoms with van der Waals surface area (Å²) in [5, 5.41) is 2.81. The molecule has 2 aromatic rings. The fourth-order valence-electron chi connectivity index (χ4n) is 2.18. The first kappa shape index (κ1) is 19.7. The van der Waals surface area contributed by atoms with Crippen LogP contribution in [0.15, 0.2) is 48.5 Å². The van der Waals surface area contributed by atoms with Gasteiger partial charge in [0.15, 0.2) is 6.10 Å². The normalized spacial score (nSPS) is 11.9. The number of nitrogens with zero attached hydrogens (tertiary/aromatic N) is 1. The minimum atomic E-state index is -0.717. The number of carbonyl (C=O) groups is 1. The van der Waals surface area contributed by atoms with E-state index in [1.165, 1.54) is 18.2 Å². The Bertz CT molecular complexity index is 704. The van der Waals surface area contributed by atoms with Gasteiger partial charge in [0.1, 0.15) is 23.9 Å². The van der Waals surface area contributed by atoms with Gasteiger partial charge in [-0.25, -0.2) is 4.39 Å². The van der Waals surface area contributed by atoms with Crippen LogP contribution in [0.25, 0.3) is 0 Å². The van der Waals surface area contributed by atoms with Crippen molar-refractivity contribution >= 4 is 5.91 Å². The molecule has 2 rings (SSSR count). The van der Waals surface area contributed by atoms with Crippen LogP contribution < -0.4 is 14.8 Å². The predicted octanol–water partition coefficient (Wildman–Crippen LogP) is 2.85. The van der Waals surface area contributed by atoms with E-state index in [9.17, 15) is 9.18 Å². The van der Waals surface area contributed by atoms with E-state index in [0.29, 0.717) is 18.9 Å². The molecule has 0 spiro atoms. The van der Waals surface area contributed by atoms with Crippen LogP contribution in [0.4, 0.5) is 4.39 Å². The summed E-state index contributed by atoms with van der Waals surface area (Å²) >= 11 is 0. The van der Waals surface area contributed by atoms with E-state index >= 15 is 0 Å². The van der Waals surface area contributed by atoms with Crippen LogP contribution in [0.3, 0.4) is 0 Å². The van der Waals surface area contributed by atoms with Gasteiger partial charge in [-0.1, -0.05) is 18.2 Å². The Balaban J connectivity index is 1.77. The highest BCUT2D eigenvalue weighted by Crippen LogP contribution is 2.14. The molecule has 1 atom stereocenters. The number of hydrogen-bond donors (Lipinski definition) is 1. The summed E-state index contributed by atoms with van der Waals surface area (Å²) in [6.07, 6.45) is -0.717. The Hall–Kier alpha value is -2.60. The fourth-order valence-corrected chi connectivity index (χ4v) is 2.18. The molecule has 1 N–H and O–H groups in total. The fraction of sp³-hybridized carbons (Fsp3) is 0.350. The first-order valence-electron chi connectivity index (χ1n) is 8.50. The number of benzene rings is 2. The summed E-state index contributed by atoms with van der Waals surface area (Å²) in [6, 6.07) is 13.3. The number of ether oxygens (including phenoxy) is 2. The summed E-state index contributed by atoms with van der Waals surface area (Å²) < 4.78 is 24.2. The van der Waals surface area contributed by atoms with Crippen molar-refractivity contribution in [2.45, 2.75) is 19.6 Å². The largest absolute Gasteiger partial charge is 0.492 e. The molecule has 0 aliphatic rings. The molecule has 1 unspecified atom stereocenters. The monoisotopic (exact) mass is 360 g/mol. The van der Waals surface area contributed by atoms with Gasteiger partial charge in [-0.15, -0.1) is 0 Å². The molecule has 1 amide bonds. The van der Waals surface area contributed by atoms with E-state index in [4.69, 9.17) is 9.47 Å². The number of nitrogens with one attached hydrogen (secondary N) is 1. The van der Waals surface area contributed by atoms with Gasteiger partial charge in [-0.05, 0) is 50.8 Å². The Morgan fingerprint density at radius 2 is 1.88 bits per heavy atom. The molecular formula is C20H25FN2O3. The maximum Gasteiger partial charge on any atom is 0.261 e. The van der Waals surface area contributed by atoms with Crippen molar-refractivity contribution in [3.63, 3.8) is 0 Å². The lowest BCUT2D eigenvalue weighted by atomic mass is 10.2. The van der Waals surface area contributed by atoms with Crippen LogP contribution in [0, 0.1) is 5.82 Å². The van der Waals surface area contributed by atoms with Gasteiger partial charge in [0.2, 0.25) is 0 Å². The van der Waals surface area contributed by atoms with Gasteiger partial charge in [-0.2, -0.15) is 0 Å². The molecule has 0 radical (unpaired) electrons. The van der Waals surface area contributed by atoms with Crippen LogP contribution in [0.1, 0.15) is 12.5 Å². The first-order chi connectivity index (χ1) is 12.4. The number of halogens is 1. The molecule has 0 aromatic heterocycles. The van der Waals surface area contributed by atoms with Crippen LogP contribution in [-0.2, 0) is 11.3 Å². The third kappa shape index (κ3) is 6.72. The predicted molar refractivity (Wildman–Crippen MR) is 98.8 cm³/mol. The van der Waals surface area contributed by atoms with Gasteiger partial charge >= 0.3 is 0 Å². The lowest BCUT2D eigenvalue weighted by Crippen LogP contribution is -2.35. The molecule has 0 aliphatic carbocycles. The molecule has 0 heterocycles. The molecule has 0 bridgehead atoms. The van der Waals surface area contributed by atoms with Gasteiger partial charge in [0.05, 0.1) is 0 Å². The van der Waals surface area contributed by atoms with Crippen molar-refractivity contribution in [1.29, 1.82) is 0 Å². The number of carbonyl (C=O) groups excluding carboxylic acids is 1. The summed E-state index contributed by atoms with van der Waals surface area (Å²) in [6.45, 7) is 3.48.